The molecule has 0 rings (SSSR count). The molecular formula is C19H39NO10Si. The lowest BCUT2D eigenvalue weighted by molar-refractivity contribution is -0.0116. The van der Waals surface area contributed by atoms with E-state index in [1.165, 1.54) is 0 Å². The highest BCUT2D eigenvalue weighted by molar-refractivity contribution is 6.60. The van der Waals surface area contributed by atoms with Gasteiger partial charge in [0.1, 0.15) is 6.61 Å². The predicted octanol–water partition coefficient (Wildman–Crippen LogP) is 0.852. The van der Waals surface area contributed by atoms with Gasteiger partial charge < -0.3 is 46.4 Å². The van der Waals surface area contributed by atoms with Crippen LogP contribution in [0.3, 0.4) is 0 Å². The predicted molar refractivity (Wildman–Crippen MR) is 113 cm³/mol. The first-order valence-electron chi connectivity index (χ1n) is 10.4. The van der Waals surface area contributed by atoms with Gasteiger partial charge in [0.05, 0.1) is 79.3 Å². The highest BCUT2D eigenvalue weighted by Gasteiger charge is 2.41. The molecule has 0 bridgehead atoms. The van der Waals surface area contributed by atoms with Gasteiger partial charge in [-0.05, 0) is 6.42 Å². The first-order valence-corrected chi connectivity index (χ1v) is 12.3. The molecule has 0 aliphatic heterocycles. The largest absolute Gasteiger partial charge is 0.501 e. The zero-order valence-electron chi connectivity index (χ0n) is 19.1. The lowest BCUT2D eigenvalue weighted by Gasteiger charge is -2.30. The molecular weight excluding hydrogens is 430 g/mol. The van der Waals surface area contributed by atoms with E-state index < -0.39 is 8.80 Å². The van der Waals surface area contributed by atoms with Gasteiger partial charge in [0.2, 0.25) is 0 Å². The van der Waals surface area contributed by atoms with Crippen molar-refractivity contribution in [1.29, 1.82) is 5.26 Å². The van der Waals surface area contributed by atoms with Crippen molar-refractivity contribution in [1.82, 2.24) is 0 Å². The normalized spacial score (nSPS) is 11.5. The number of ether oxygens (including phenoxy) is 7. The molecule has 0 fully saturated rings. The van der Waals surface area contributed by atoms with Crippen molar-refractivity contribution < 1.29 is 46.4 Å². The van der Waals surface area contributed by atoms with E-state index in [1.807, 2.05) is 0 Å². The van der Waals surface area contributed by atoms with Gasteiger partial charge in [0, 0.05) is 27.4 Å². The van der Waals surface area contributed by atoms with Crippen LogP contribution in [0.5, 0.6) is 0 Å². The summed E-state index contributed by atoms with van der Waals surface area (Å²) >= 11 is 0. The van der Waals surface area contributed by atoms with Gasteiger partial charge in [-0.15, -0.1) is 0 Å². The minimum absolute atomic E-state index is 0.264. The Balaban J connectivity index is 4.70. The molecule has 0 aliphatic rings. The van der Waals surface area contributed by atoms with Crippen LogP contribution in [0, 0.1) is 11.5 Å². The van der Waals surface area contributed by atoms with Gasteiger partial charge >= 0.3 is 8.80 Å². The SMILES string of the molecule is COCCOCCO[Si](CCCOC#N)(OCCOCCOC)OCCOCCOC. The fourth-order valence-corrected chi connectivity index (χ4v) is 4.69. The molecule has 0 saturated carbocycles. The molecule has 0 unspecified atom stereocenters. The van der Waals surface area contributed by atoms with Crippen LogP contribution in [-0.2, 0) is 46.4 Å². The number of hydrogen-bond donors (Lipinski definition) is 0. The summed E-state index contributed by atoms with van der Waals surface area (Å²) < 4.78 is 54.3. The molecule has 0 spiro atoms. The molecule has 0 aromatic carbocycles. The Hall–Kier alpha value is -0.853. The van der Waals surface area contributed by atoms with Gasteiger partial charge in [0.25, 0.3) is 6.26 Å². The van der Waals surface area contributed by atoms with E-state index in [9.17, 15) is 0 Å². The molecule has 0 aliphatic carbocycles. The fourth-order valence-electron chi connectivity index (χ4n) is 2.25. The Labute approximate surface area is 187 Å². The summed E-state index contributed by atoms with van der Waals surface area (Å²) in [5.41, 5.74) is 0. The third-order valence-electron chi connectivity index (χ3n) is 3.74. The molecule has 0 amide bonds. The van der Waals surface area contributed by atoms with Crippen molar-refractivity contribution in [3.8, 4) is 6.26 Å². The summed E-state index contributed by atoms with van der Waals surface area (Å²) in [6, 6.07) is 0.489. The second-order valence-corrected chi connectivity index (χ2v) is 8.82. The Morgan fingerprint density at radius 3 is 1.29 bits per heavy atom. The standard InChI is InChI=1S/C19H39NO10Si/c1-21-6-9-24-12-15-28-31(18-4-5-27-19-20,29-16-13-25-10-7-22-2)30-17-14-26-11-8-23-3/h4-18H2,1-3H3. The number of nitriles is 1. The zero-order chi connectivity index (χ0) is 22.9. The maximum absolute atomic E-state index is 8.59. The van der Waals surface area contributed by atoms with Crippen molar-refractivity contribution in [2.75, 3.05) is 107 Å². The van der Waals surface area contributed by atoms with E-state index in [-0.39, 0.29) is 6.61 Å². The Kier molecular flexibility index (Phi) is 23.1. The zero-order valence-corrected chi connectivity index (χ0v) is 20.1. The van der Waals surface area contributed by atoms with Gasteiger partial charge in [0.15, 0.2) is 0 Å². The van der Waals surface area contributed by atoms with Crippen molar-refractivity contribution in [2.45, 2.75) is 12.5 Å². The third kappa shape index (κ3) is 19.5. The Morgan fingerprint density at radius 1 is 0.548 bits per heavy atom. The molecule has 0 radical (unpaired) electrons. The molecule has 0 heterocycles. The molecule has 0 aromatic rings. The van der Waals surface area contributed by atoms with Crippen LogP contribution in [0.2, 0.25) is 6.04 Å². The van der Waals surface area contributed by atoms with Crippen molar-refractivity contribution >= 4 is 8.80 Å². The first kappa shape index (κ1) is 30.1. The fraction of sp³-hybridized carbons (Fsp3) is 0.947. The van der Waals surface area contributed by atoms with Crippen LogP contribution in [0.4, 0.5) is 0 Å². The first-order chi connectivity index (χ1) is 15.2. The van der Waals surface area contributed by atoms with E-state index in [2.05, 4.69) is 0 Å². The minimum atomic E-state index is -3.07. The summed E-state index contributed by atoms with van der Waals surface area (Å²) in [6.45, 7) is 5.32. The average molecular weight is 470 g/mol. The Bertz CT molecular complexity index is 373. The van der Waals surface area contributed by atoms with Crippen LogP contribution in [0.1, 0.15) is 6.42 Å². The van der Waals surface area contributed by atoms with Crippen LogP contribution in [0.25, 0.3) is 0 Å². The van der Waals surface area contributed by atoms with Crippen LogP contribution in [0.15, 0.2) is 0 Å². The maximum atomic E-state index is 8.59. The smallest absolute Gasteiger partial charge is 0.428 e. The lowest BCUT2D eigenvalue weighted by atomic mass is 10.5. The van der Waals surface area contributed by atoms with E-state index in [4.69, 9.17) is 51.7 Å². The van der Waals surface area contributed by atoms with Crippen molar-refractivity contribution in [3.05, 3.63) is 0 Å². The number of rotatable bonds is 25. The van der Waals surface area contributed by atoms with Gasteiger partial charge in [-0.25, -0.2) is 0 Å². The van der Waals surface area contributed by atoms with Crippen molar-refractivity contribution in [3.63, 3.8) is 0 Å². The lowest BCUT2D eigenvalue weighted by Crippen LogP contribution is -2.48. The summed E-state index contributed by atoms with van der Waals surface area (Å²) in [5, 5.41) is 8.59. The summed E-state index contributed by atoms with van der Waals surface area (Å²) in [4.78, 5) is 0. The summed E-state index contributed by atoms with van der Waals surface area (Å²) in [5.74, 6) is 0. The van der Waals surface area contributed by atoms with E-state index in [1.54, 1.807) is 27.6 Å². The molecule has 0 atom stereocenters. The highest BCUT2D eigenvalue weighted by atomic mass is 28.4. The molecule has 0 N–H and O–H groups in total. The molecule has 0 saturated heterocycles. The van der Waals surface area contributed by atoms with Crippen LogP contribution in [-0.4, -0.2) is 116 Å². The summed E-state index contributed by atoms with van der Waals surface area (Å²) in [7, 11) is 1.78. The van der Waals surface area contributed by atoms with Crippen molar-refractivity contribution in [2.24, 2.45) is 0 Å². The second-order valence-electron chi connectivity index (χ2n) is 6.09. The molecule has 31 heavy (non-hydrogen) atoms. The molecule has 184 valence electrons. The van der Waals surface area contributed by atoms with Crippen LogP contribution < -0.4 is 0 Å². The van der Waals surface area contributed by atoms with Crippen LogP contribution >= 0.6 is 0 Å². The maximum Gasteiger partial charge on any atom is 0.501 e. The topological polar surface area (TPSA) is 116 Å². The van der Waals surface area contributed by atoms with Gasteiger partial charge in [-0.1, -0.05) is 0 Å². The molecule has 11 nitrogen and oxygen atoms in total. The van der Waals surface area contributed by atoms with E-state index in [0.717, 1.165) is 0 Å². The molecule has 12 heteroatoms. The van der Waals surface area contributed by atoms with Gasteiger partial charge in [-0.2, -0.15) is 5.26 Å². The average Bonchev–Trinajstić information content (AvgIpc) is 2.78. The third-order valence-corrected chi connectivity index (χ3v) is 6.64. The van der Waals surface area contributed by atoms with E-state index in [0.29, 0.717) is 91.7 Å². The second kappa shape index (κ2) is 23.8. The Morgan fingerprint density at radius 2 is 0.935 bits per heavy atom. The minimum Gasteiger partial charge on any atom is -0.428 e. The molecule has 0 aromatic heterocycles. The van der Waals surface area contributed by atoms with Gasteiger partial charge in [-0.3, -0.25) is 0 Å². The number of nitrogens with zero attached hydrogens (tertiary/aromatic N) is 1. The summed E-state index contributed by atoms with van der Waals surface area (Å²) in [6.07, 6.45) is 2.22. The monoisotopic (exact) mass is 469 g/mol. The van der Waals surface area contributed by atoms with E-state index >= 15 is 0 Å². The quantitative estimate of drug-likeness (QED) is 0.108. The number of hydrogen-bond acceptors (Lipinski definition) is 11. The highest BCUT2D eigenvalue weighted by Crippen LogP contribution is 2.18. The number of methoxy groups -OCH3 is 3.